The maximum Gasteiger partial charge on any atom is 0.115 e. The molecule has 1 aromatic rings. The van der Waals surface area contributed by atoms with Gasteiger partial charge >= 0.3 is 0 Å². The van der Waals surface area contributed by atoms with Crippen molar-refractivity contribution in [1.82, 2.24) is 9.97 Å². The number of hydrogen-bond acceptors (Lipinski definition) is 2. The van der Waals surface area contributed by atoms with Crippen LogP contribution in [0.4, 0.5) is 0 Å². The SMILES string of the molecule is CCC1CCC2=C(Cc3ncnc(C[C@H]4CC[C@H](CC)CC4)c32)C1. The molecule has 0 N–H and O–H groups in total. The van der Waals surface area contributed by atoms with Crippen LogP contribution in [0, 0.1) is 17.8 Å². The van der Waals surface area contributed by atoms with E-state index in [1.165, 1.54) is 81.2 Å². The average Bonchev–Trinajstić information content (AvgIpc) is 3.00. The van der Waals surface area contributed by atoms with Crippen molar-refractivity contribution in [2.24, 2.45) is 17.8 Å². The van der Waals surface area contributed by atoms with Gasteiger partial charge in [-0.25, -0.2) is 9.97 Å². The second kappa shape index (κ2) is 6.98. The maximum absolute atomic E-state index is 4.77. The monoisotopic (exact) mass is 324 g/mol. The van der Waals surface area contributed by atoms with Crippen molar-refractivity contribution in [3.63, 3.8) is 0 Å². The van der Waals surface area contributed by atoms with E-state index in [0.29, 0.717) is 0 Å². The molecule has 0 aromatic carbocycles. The van der Waals surface area contributed by atoms with E-state index in [1.54, 1.807) is 11.1 Å². The van der Waals surface area contributed by atoms with Crippen LogP contribution in [-0.2, 0) is 12.8 Å². The molecular formula is C22H32N2. The van der Waals surface area contributed by atoms with E-state index >= 15 is 0 Å². The van der Waals surface area contributed by atoms with Crippen molar-refractivity contribution in [3.8, 4) is 0 Å². The first-order valence-corrected chi connectivity index (χ1v) is 10.3. The van der Waals surface area contributed by atoms with Crippen LogP contribution in [0.1, 0.15) is 88.6 Å². The average molecular weight is 325 g/mol. The molecule has 2 nitrogen and oxygen atoms in total. The minimum atomic E-state index is 0.850. The molecule has 130 valence electrons. The van der Waals surface area contributed by atoms with Crippen molar-refractivity contribution in [1.29, 1.82) is 0 Å². The third-order valence-corrected chi connectivity index (χ3v) is 7.05. The van der Waals surface area contributed by atoms with Gasteiger partial charge in [0.05, 0.1) is 11.4 Å². The van der Waals surface area contributed by atoms with Crippen LogP contribution in [-0.4, -0.2) is 9.97 Å². The van der Waals surface area contributed by atoms with E-state index in [-0.39, 0.29) is 0 Å². The van der Waals surface area contributed by atoms with Crippen molar-refractivity contribution in [3.05, 3.63) is 28.9 Å². The molecule has 1 saturated carbocycles. The Bertz CT molecular complexity index is 623. The van der Waals surface area contributed by atoms with Crippen molar-refractivity contribution in [2.45, 2.75) is 84.5 Å². The highest BCUT2D eigenvalue weighted by Gasteiger charge is 2.31. The number of nitrogens with zero attached hydrogens (tertiary/aromatic N) is 2. The highest BCUT2D eigenvalue weighted by Crippen LogP contribution is 2.45. The Kier molecular flexibility index (Phi) is 4.74. The molecule has 0 bridgehead atoms. The summed E-state index contributed by atoms with van der Waals surface area (Å²) < 4.78 is 0. The Balaban J connectivity index is 1.53. The minimum Gasteiger partial charge on any atom is -0.241 e. The van der Waals surface area contributed by atoms with E-state index in [9.17, 15) is 0 Å². The second-order valence-corrected chi connectivity index (χ2v) is 8.42. The summed E-state index contributed by atoms with van der Waals surface area (Å²) in [6.45, 7) is 4.69. The second-order valence-electron chi connectivity index (χ2n) is 8.42. The minimum absolute atomic E-state index is 0.850. The Morgan fingerprint density at radius 3 is 2.42 bits per heavy atom. The van der Waals surface area contributed by atoms with Crippen LogP contribution in [0.15, 0.2) is 11.9 Å². The molecule has 0 spiro atoms. The summed E-state index contributed by atoms with van der Waals surface area (Å²) in [5.41, 5.74) is 7.54. The summed E-state index contributed by atoms with van der Waals surface area (Å²) in [7, 11) is 0. The van der Waals surface area contributed by atoms with Gasteiger partial charge in [0.2, 0.25) is 0 Å². The summed E-state index contributed by atoms with van der Waals surface area (Å²) in [5.74, 6) is 2.73. The van der Waals surface area contributed by atoms with Gasteiger partial charge in [-0.15, -0.1) is 0 Å². The number of aromatic nitrogens is 2. The highest BCUT2D eigenvalue weighted by atomic mass is 14.9. The Morgan fingerprint density at radius 1 is 0.917 bits per heavy atom. The van der Waals surface area contributed by atoms with Crippen molar-refractivity contribution < 1.29 is 0 Å². The van der Waals surface area contributed by atoms with Crippen LogP contribution < -0.4 is 0 Å². The van der Waals surface area contributed by atoms with Crippen LogP contribution in [0.2, 0.25) is 0 Å². The molecule has 24 heavy (non-hydrogen) atoms. The van der Waals surface area contributed by atoms with Gasteiger partial charge in [0.15, 0.2) is 0 Å². The highest BCUT2D eigenvalue weighted by molar-refractivity contribution is 5.77. The molecule has 2 heteroatoms. The Labute approximate surface area is 147 Å². The summed E-state index contributed by atoms with van der Waals surface area (Å²) >= 11 is 0. The zero-order valence-corrected chi connectivity index (χ0v) is 15.5. The predicted octanol–water partition coefficient (Wildman–Crippen LogP) is 5.76. The summed E-state index contributed by atoms with van der Waals surface area (Å²) in [6, 6.07) is 0. The van der Waals surface area contributed by atoms with Crippen molar-refractivity contribution in [2.75, 3.05) is 0 Å². The van der Waals surface area contributed by atoms with Crippen LogP contribution in [0.3, 0.4) is 0 Å². The molecule has 1 fully saturated rings. The van der Waals surface area contributed by atoms with Gasteiger partial charge in [-0.05, 0) is 61.9 Å². The maximum atomic E-state index is 4.77. The van der Waals surface area contributed by atoms with E-state index in [4.69, 9.17) is 4.98 Å². The molecular weight excluding hydrogens is 292 g/mol. The molecule has 4 rings (SSSR count). The third-order valence-electron chi connectivity index (χ3n) is 7.05. The lowest BCUT2D eigenvalue weighted by Gasteiger charge is -2.28. The lowest BCUT2D eigenvalue weighted by atomic mass is 9.78. The zero-order valence-electron chi connectivity index (χ0n) is 15.5. The molecule has 3 aliphatic rings. The fourth-order valence-corrected chi connectivity index (χ4v) is 5.35. The van der Waals surface area contributed by atoms with Gasteiger partial charge in [0, 0.05) is 12.0 Å². The summed E-state index contributed by atoms with van der Waals surface area (Å²) in [6.07, 6.45) is 16.4. The Morgan fingerprint density at radius 2 is 1.67 bits per heavy atom. The number of hydrogen-bond donors (Lipinski definition) is 0. The zero-order chi connectivity index (χ0) is 16.5. The first kappa shape index (κ1) is 16.3. The largest absolute Gasteiger partial charge is 0.241 e. The van der Waals surface area contributed by atoms with Gasteiger partial charge in [0.1, 0.15) is 6.33 Å². The number of allylic oxidation sites excluding steroid dienone is 2. The van der Waals surface area contributed by atoms with Crippen LogP contribution >= 0.6 is 0 Å². The Hall–Kier alpha value is -1.18. The summed E-state index contributed by atoms with van der Waals surface area (Å²) in [4.78, 5) is 9.43. The predicted molar refractivity (Wildman–Crippen MR) is 99.7 cm³/mol. The fraction of sp³-hybridized carbons (Fsp3) is 0.727. The molecule has 0 saturated heterocycles. The molecule has 1 aromatic heterocycles. The van der Waals surface area contributed by atoms with E-state index in [0.717, 1.165) is 24.2 Å². The van der Waals surface area contributed by atoms with Crippen molar-refractivity contribution >= 4 is 5.57 Å². The molecule has 1 heterocycles. The van der Waals surface area contributed by atoms with Crippen LogP contribution in [0.5, 0.6) is 0 Å². The molecule has 1 unspecified atom stereocenters. The lowest BCUT2D eigenvalue weighted by molar-refractivity contribution is 0.267. The lowest BCUT2D eigenvalue weighted by Crippen LogP contribution is -2.17. The standard InChI is InChI=1S/C22H32N2/c1-3-15-5-7-17(8-6-15)12-20-22-19-10-9-16(4-2)11-18(19)13-21(22)24-14-23-20/h14-17H,3-13H2,1-2H3/t15-,16?,17-. The topological polar surface area (TPSA) is 25.8 Å². The summed E-state index contributed by atoms with van der Waals surface area (Å²) in [5, 5.41) is 0. The first-order chi connectivity index (χ1) is 11.8. The van der Waals surface area contributed by atoms with Gasteiger partial charge in [0.25, 0.3) is 0 Å². The number of rotatable bonds is 4. The molecule has 0 aliphatic heterocycles. The normalized spacial score (nSPS) is 29.5. The van der Waals surface area contributed by atoms with Gasteiger partial charge in [-0.1, -0.05) is 45.1 Å². The van der Waals surface area contributed by atoms with Gasteiger partial charge in [-0.2, -0.15) is 0 Å². The molecule has 3 aliphatic carbocycles. The molecule has 1 atom stereocenters. The quantitative estimate of drug-likeness (QED) is 0.704. The fourth-order valence-electron chi connectivity index (χ4n) is 5.35. The first-order valence-electron chi connectivity index (χ1n) is 10.3. The van der Waals surface area contributed by atoms with Crippen LogP contribution in [0.25, 0.3) is 5.57 Å². The smallest absolute Gasteiger partial charge is 0.115 e. The van der Waals surface area contributed by atoms with E-state index in [1.807, 2.05) is 6.33 Å². The van der Waals surface area contributed by atoms with Gasteiger partial charge in [-0.3, -0.25) is 0 Å². The van der Waals surface area contributed by atoms with E-state index in [2.05, 4.69) is 18.8 Å². The molecule has 0 radical (unpaired) electrons. The third kappa shape index (κ3) is 3.05. The van der Waals surface area contributed by atoms with Gasteiger partial charge < -0.3 is 0 Å². The van der Waals surface area contributed by atoms with E-state index < -0.39 is 0 Å². The number of fused-ring (bicyclic) bond motifs is 2. The molecule has 0 amide bonds.